The summed E-state index contributed by atoms with van der Waals surface area (Å²) in [5.41, 5.74) is 2.72. The Morgan fingerprint density at radius 2 is 1.94 bits per heavy atom. The van der Waals surface area contributed by atoms with E-state index in [0.29, 0.717) is 41.8 Å². The predicted molar refractivity (Wildman–Crippen MR) is 132 cm³/mol. The van der Waals surface area contributed by atoms with Crippen molar-refractivity contribution in [3.8, 4) is 11.5 Å². The summed E-state index contributed by atoms with van der Waals surface area (Å²) in [7, 11) is 0. The van der Waals surface area contributed by atoms with Gasteiger partial charge in [0.1, 0.15) is 0 Å². The highest BCUT2D eigenvalue weighted by Crippen LogP contribution is 2.35. The standard InChI is InChI=1S/C26H26N6O3/c1-3-22(33)31-15-8-7-12-19(16-31)32-23-20(25-27-17(2)30-35-25)13-9-14-21(23)28-26(32)29-24(34)18-10-5-4-6-11-18/h3-6,9-11,13-14,19H,1,7-8,12,15-16H2,2H3,(H,28,29,34). The van der Waals surface area contributed by atoms with Crippen molar-refractivity contribution in [3.05, 3.63) is 72.6 Å². The van der Waals surface area contributed by atoms with Gasteiger partial charge in [0, 0.05) is 18.7 Å². The minimum atomic E-state index is -0.259. The van der Waals surface area contributed by atoms with Gasteiger partial charge in [0.2, 0.25) is 11.9 Å². The van der Waals surface area contributed by atoms with Crippen LogP contribution in [0.5, 0.6) is 0 Å². The molecule has 0 spiro atoms. The van der Waals surface area contributed by atoms with Crippen molar-refractivity contribution >= 4 is 28.8 Å². The van der Waals surface area contributed by atoms with E-state index in [9.17, 15) is 9.59 Å². The van der Waals surface area contributed by atoms with Crippen molar-refractivity contribution in [2.24, 2.45) is 0 Å². The van der Waals surface area contributed by atoms with Gasteiger partial charge in [-0.05, 0) is 56.5 Å². The first-order valence-corrected chi connectivity index (χ1v) is 11.6. The van der Waals surface area contributed by atoms with Gasteiger partial charge in [0.25, 0.3) is 11.8 Å². The SMILES string of the molecule is C=CC(=O)N1CCCCC(n2c(NC(=O)c3ccccc3)nc3cccc(-c4nc(C)no4)c32)C1. The number of anilines is 1. The zero-order chi connectivity index (χ0) is 24.4. The van der Waals surface area contributed by atoms with Crippen molar-refractivity contribution in [1.29, 1.82) is 0 Å². The van der Waals surface area contributed by atoms with Crippen molar-refractivity contribution in [1.82, 2.24) is 24.6 Å². The molecule has 2 aromatic carbocycles. The summed E-state index contributed by atoms with van der Waals surface area (Å²) >= 11 is 0. The molecular weight excluding hydrogens is 444 g/mol. The fraction of sp³-hybridized carbons (Fsp3) is 0.269. The first-order valence-electron chi connectivity index (χ1n) is 11.6. The number of aryl methyl sites for hydroxylation is 1. The molecule has 5 rings (SSSR count). The summed E-state index contributed by atoms with van der Waals surface area (Å²) in [5, 5.41) is 6.95. The second-order valence-corrected chi connectivity index (χ2v) is 8.58. The van der Waals surface area contributed by atoms with Crippen LogP contribution in [0.4, 0.5) is 5.95 Å². The first-order chi connectivity index (χ1) is 17.0. The summed E-state index contributed by atoms with van der Waals surface area (Å²) in [6, 6.07) is 14.5. The minimum absolute atomic E-state index is 0.107. The maximum absolute atomic E-state index is 13.1. The average molecular weight is 471 g/mol. The van der Waals surface area contributed by atoms with E-state index < -0.39 is 0 Å². The zero-order valence-corrected chi connectivity index (χ0v) is 19.5. The van der Waals surface area contributed by atoms with Crippen molar-refractivity contribution < 1.29 is 14.1 Å². The van der Waals surface area contributed by atoms with Crippen molar-refractivity contribution in [3.63, 3.8) is 0 Å². The summed E-state index contributed by atoms with van der Waals surface area (Å²) in [6.07, 6.45) is 3.99. The molecule has 0 bridgehead atoms. The Morgan fingerprint density at radius 1 is 1.11 bits per heavy atom. The third-order valence-electron chi connectivity index (χ3n) is 6.23. The molecule has 1 N–H and O–H groups in total. The quantitative estimate of drug-likeness (QED) is 0.434. The van der Waals surface area contributed by atoms with Gasteiger partial charge in [-0.1, -0.05) is 36.0 Å². The molecule has 3 heterocycles. The molecule has 1 aliphatic heterocycles. The number of carbonyl (C=O) groups excluding carboxylic acids is 2. The van der Waals surface area contributed by atoms with Gasteiger partial charge in [-0.3, -0.25) is 14.9 Å². The zero-order valence-electron chi connectivity index (χ0n) is 19.5. The van der Waals surface area contributed by atoms with E-state index in [1.807, 2.05) is 41.0 Å². The second-order valence-electron chi connectivity index (χ2n) is 8.58. The molecule has 1 saturated heterocycles. The maximum atomic E-state index is 13.1. The monoisotopic (exact) mass is 470 g/mol. The molecule has 4 aromatic rings. The number of para-hydroxylation sites is 1. The molecule has 0 radical (unpaired) electrons. The van der Waals surface area contributed by atoms with E-state index in [1.165, 1.54) is 6.08 Å². The number of fused-ring (bicyclic) bond motifs is 1. The lowest BCUT2D eigenvalue weighted by atomic mass is 10.1. The number of amides is 2. The Hall–Kier alpha value is -4.27. The minimum Gasteiger partial charge on any atom is -0.337 e. The van der Waals surface area contributed by atoms with Crippen LogP contribution >= 0.6 is 0 Å². The molecule has 1 unspecified atom stereocenters. The highest BCUT2D eigenvalue weighted by molar-refractivity contribution is 6.04. The van der Waals surface area contributed by atoms with Crippen molar-refractivity contribution in [2.45, 2.75) is 32.2 Å². The Bertz CT molecular complexity index is 1390. The Kier molecular flexibility index (Phi) is 6.13. The molecule has 1 aliphatic rings. The van der Waals surface area contributed by atoms with E-state index in [1.54, 1.807) is 24.0 Å². The summed E-state index contributed by atoms with van der Waals surface area (Å²) < 4.78 is 7.51. The van der Waals surface area contributed by atoms with Crippen LogP contribution in [0.3, 0.4) is 0 Å². The normalized spacial score (nSPS) is 16.1. The summed E-state index contributed by atoms with van der Waals surface area (Å²) in [5.74, 6) is 0.949. The number of rotatable bonds is 5. The third-order valence-corrected chi connectivity index (χ3v) is 6.23. The van der Waals surface area contributed by atoms with Gasteiger partial charge in [0.15, 0.2) is 5.82 Å². The van der Waals surface area contributed by atoms with E-state index >= 15 is 0 Å². The number of aromatic nitrogens is 4. The second kappa shape index (κ2) is 9.54. The lowest BCUT2D eigenvalue weighted by Crippen LogP contribution is -2.34. The lowest BCUT2D eigenvalue weighted by Gasteiger charge is -2.26. The van der Waals surface area contributed by atoms with Gasteiger partial charge >= 0.3 is 0 Å². The van der Waals surface area contributed by atoms with E-state index in [2.05, 4.69) is 22.0 Å². The highest BCUT2D eigenvalue weighted by Gasteiger charge is 2.28. The van der Waals surface area contributed by atoms with E-state index in [-0.39, 0.29) is 17.9 Å². The predicted octanol–water partition coefficient (Wildman–Crippen LogP) is 4.39. The smallest absolute Gasteiger partial charge is 0.260 e. The Labute approximate surface area is 202 Å². The average Bonchev–Trinajstić information content (AvgIpc) is 3.38. The summed E-state index contributed by atoms with van der Waals surface area (Å²) in [6.45, 7) is 6.56. The number of nitrogens with zero attached hydrogens (tertiary/aromatic N) is 5. The van der Waals surface area contributed by atoms with Crippen LogP contribution in [0.15, 0.2) is 65.7 Å². The highest BCUT2D eigenvalue weighted by atomic mass is 16.5. The molecular formula is C26H26N6O3. The Balaban J connectivity index is 1.66. The number of carbonyl (C=O) groups is 2. The number of hydrogen-bond acceptors (Lipinski definition) is 6. The molecule has 35 heavy (non-hydrogen) atoms. The molecule has 1 atom stereocenters. The third kappa shape index (κ3) is 4.44. The van der Waals surface area contributed by atoms with Crippen LogP contribution in [0.1, 0.15) is 41.5 Å². The molecule has 9 nitrogen and oxygen atoms in total. The van der Waals surface area contributed by atoms with E-state index in [0.717, 1.165) is 30.3 Å². The topological polar surface area (TPSA) is 106 Å². The van der Waals surface area contributed by atoms with Gasteiger partial charge in [-0.15, -0.1) is 0 Å². The van der Waals surface area contributed by atoms with Crippen molar-refractivity contribution in [2.75, 3.05) is 18.4 Å². The van der Waals surface area contributed by atoms with Crippen LogP contribution in [-0.2, 0) is 4.79 Å². The molecule has 0 aliphatic carbocycles. The molecule has 1 fully saturated rings. The number of imidazole rings is 1. The van der Waals surface area contributed by atoms with Crippen LogP contribution in [0.2, 0.25) is 0 Å². The lowest BCUT2D eigenvalue weighted by molar-refractivity contribution is -0.126. The van der Waals surface area contributed by atoms with Gasteiger partial charge in [0.05, 0.1) is 22.6 Å². The van der Waals surface area contributed by atoms with Gasteiger partial charge in [-0.25, -0.2) is 4.98 Å². The fourth-order valence-corrected chi connectivity index (χ4v) is 4.59. The molecule has 2 amide bonds. The number of hydrogen-bond donors (Lipinski definition) is 1. The van der Waals surface area contributed by atoms with Crippen LogP contribution < -0.4 is 5.32 Å². The van der Waals surface area contributed by atoms with Crippen LogP contribution in [0.25, 0.3) is 22.5 Å². The van der Waals surface area contributed by atoms with Gasteiger partial charge in [-0.2, -0.15) is 4.98 Å². The molecule has 178 valence electrons. The number of likely N-dealkylation sites (tertiary alicyclic amines) is 1. The largest absolute Gasteiger partial charge is 0.337 e. The molecule has 0 saturated carbocycles. The number of benzene rings is 2. The Morgan fingerprint density at radius 3 is 2.69 bits per heavy atom. The van der Waals surface area contributed by atoms with Gasteiger partial charge < -0.3 is 14.0 Å². The molecule has 9 heteroatoms. The fourth-order valence-electron chi connectivity index (χ4n) is 4.59. The summed E-state index contributed by atoms with van der Waals surface area (Å²) in [4.78, 5) is 36.6. The van der Waals surface area contributed by atoms with Crippen LogP contribution in [-0.4, -0.2) is 49.5 Å². The molecule has 2 aromatic heterocycles. The van der Waals surface area contributed by atoms with Crippen LogP contribution in [0, 0.1) is 6.92 Å². The van der Waals surface area contributed by atoms with E-state index in [4.69, 9.17) is 9.51 Å². The maximum Gasteiger partial charge on any atom is 0.260 e. The number of nitrogens with one attached hydrogen (secondary N) is 1. The first kappa shape index (κ1) is 22.5.